The van der Waals surface area contributed by atoms with Crippen LogP contribution in [-0.2, 0) is 11.3 Å². The largest absolute Gasteiger partial charge is 0.467 e. The average molecular weight is 221 g/mol. The van der Waals surface area contributed by atoms with Gasteiger partial charge >= 0.3 is 0 Å². The molecule has 2 heterocycles. The number of furan rings is 2. The van der Waals surface area contributed by atoms with E-state index in [0.29, 0.717) is 6.61 Å². The van der Waals surface area contributed by atoms with Gasteiger partial charge in [-0.25, -0.2) is 0 Å². The summed E-state index contributed by atoms with van der Waals surface area (Å²) in [6.45, 7) is 0.481. The van der Waals surface area contributed by atoms with Gasteiger partial charge in [0.15, 0.2) is 0 Å². The normalized spacial score (nSPS) is 12.9. The van der Waals surface area contributed by atoms with Crippen LogP contribution in [0.15, 0.2) is 39.4 Å². The zero-order valence-corrected chi connectivity index (χ0v) is 9.40. The van der Waals surface area contributed by atoms with E-state index in [4.69, 9.17) is 13.6 Å². The molecule has 0 aliphatic rings. The van der Waals surface area contributed by atoms with Crippen molar-refractivity contribution in [2.75, 3.05) is 14.2 Å². The fourth-order valence-electron chi connectivity index (χ4n) is 1.65. The lowest BCUT2D eigenvalue weighted by Crippen LogP contribution is -2.16. The highest BCUT2D eigenvalue weighted by Gasteiger charge is 2.18. The maximum atomic E-state index is 5.65. The third kappa shape index (κ3) is 2.18. The Morgan fingerprint density at radius 3 is 2.81 bits per heavy atom. The maximum absolute atomic E-state index is 5.65. The summed E-state index contributed by atoms with van der Waals surface area (Å²) in [5, 5.41) is 3.15. The molecule has 0 aliphatic carbocycles. The Labute approximate surface area is 94.2 Å². The number of ether oxygens (including phenoxy) is 1. The second kappa shape index (κ2) is 5.01. The Morgan fingerprint density at radius 2 is 2.19 bits per heavy atom. The van der Waals surface area contributed by atoms with E-state index in [9.17, 15) is 0 Å². The molecule has 2 aromatic rings. The van der Waals surface area contributed by atoms with E-state index >= 15 is 0 Å². The lowest BCUT2D eigenvalue weighted by atomic mass is 10.2. The highest BCUT2D eigenvalue weighted by atomic mass is 16.5. The number of hydrogen-bond acceptors (Lipinski definition) is 4. The van der Waals surface area contributed by atoms with E-state index < -0.39 is 0 Å². The second-order valence-electron chi connectivity index (χ2n) is 3.47. The molecule has 1 unspecified atom stereocenters. The van der Waals surface area contributed by atoms with Crippen molar-refractivity contribution in [1.29, 1.82) is 0 Å². The first kappa shape index (κ1) is 11.0. The highest BCUT2D eigenvalue weighted by molar-refractivity contribution is 5.19. The van der Waals surface area contributed by atoms with Crippen LogP contribution in [0.2, 0.25) is 0 Å². The van der Waals surface area contributed by atoms with Crippen molar-refractivity contribution in [2.45, 2.75) is 12.6 Å². The minimum atomic E-state index is -0.0550. The molecule has 0 fully saturated rings. The van der Waals surface area contributed by atoms with E-state index in [1.165, 1.54) is 0 Å². The monoisotopic (exact) mass is 221 g/mol. The van der Waals surface area contributed by atoms with Crippen molar-refractivity contribution in [3.8, 4) is 0 Å². The first-order chi connectivity index (χ1) is 7.85. The van der Waals surface area contributed by atoms with Gasteiger partial charge in [0.25, 0.3) is 0 Å². The van der Waals surface area contributed by atoms with Gasteiger partial charge < -0.3 is 18.9 Å². The molecule has 0 aromatic carbocycles. The molecule has 2 rings (SSSR count). The number of nitrogens with one attached hydrogen (secondary N) is 1. The van der Waals surface area contributed by atoms with E-state index in [2.05, 4.69) is 5.32 Å². The van der Waals surface area contributed by atoms with Crippen LogP contribution in [0.1, 0.15) is 23.3 Å². The van der Waals surface area contributed by atoms with Crippen molar-refractivity contribution in [3.63, 3.8) is 0 Å². The summed E-state index contributed by atoms with van der Waals surface area (Å²) in [6.07, 6.45) is 1.65. The van der Waals surface area contributed by atoms with Crippen molar-refractivity contribution in [3.05, 3.63) is 47.8 Å². The van der Waals surface area contributed by atoms with Gasteiger partial charge in [0, 0.05) is 7.11 Å². The average Bonchev–Trinajstić information content (AvgIpc) is 2.92. The third-order valence-corrected chi connectivity index (χ3v) is 2.37. The summed E-state index contributed by atoms with van der Waals surface area (Å²) >= 11 is 0. The minimum absolute atomic E-state index is 0.0550. The molecule has 0 saturated carbocycles. The first-order valence-electron chi connectivity index (χ1n) is 5.13. The third-order valence-electron chi connectivity index (χ3n) is 2.37. The fourth-order valence-corrected chi connectivity index (χ4v) is 1.65. The van der Waals surface area contributed by atoms with Crippen LogP contribution < -0.4 is 5.32 Å². The van der Waals surface area contributed by atoms with Gasteiger partial charge in [-0.2, -0.15) is 0 Å². The standard InChI is InChI=1S/C12H15NO3/c1-13-12(10-4-3-7-15-10)11-6-5-9(16-11)8-14-2/h3-7,12-13H,8H2,1-2H3. The van der Waals surface area contributed by atoms with E-state index in [0.717, 1.165) is 17.3 Å². The summed E-state index contributed by atoms with van der Waals surface area (Å²) in [6, 6.07) is 7.56. The molecule has 0 spiro atoms. The lowest BCUT2D eigenvalue weighted by Gasteiger charge is -2.10. The molecule has 4 heteroatoms. The molecular formula is C12H15NO3. The topological polar surface area (TPSA) is 47.5 Å². The maximum Gasteiger partial charge on any atom is 0.129 e. The van der Waals surface area contributed by atoms with Gasteiger partial charge in [-0.3, -0.25) is 0 Å². The van der Waals surface area contributed by atoms with E-state index in [-0.39, 0.29) is 6.04 Å². The van der Waals surface area contributed by atoms with Crippen LogP contribution >= 0.6 is 0 Å². The van der Waals surface area contributed by atoms with Crippen LogP contribution in [0.4, 0.5) is 0 Å². The quantitative estimate of drug-likeness (QED) is 0.841. The molecule has 2 aromatic heterocycles. The number of rotatable bonds is 5. The van der Waals surface area contributed by atoms with Gasteiger partial charge in [0.05, 0.1) is 6.26 Å². The van der Waals surface area contributed by atoms with Crippen molar-refractivity contribution < 1.29 is 13.6 Å². The molecule has 0 amide bonds. The van der Waals surface area contributed by atoms with Crippen LogP contribution in [-0.4, -0.2) is 14.2 Å². The Kier molecular flexibility index (Phi) is 3.44. The summed E-state index contributed by atoms with van der Waals surface area (Å²) in [7, 11) is 3.51. The van der Waals surface area contributed by atoms with E-state index in [1.54, 1.807) is 13.4 Å². The van der Waals surface area contributed by atoms with Gasteiger partial charge in [-0.05, 0) is 31.3 Å². The Bertz CT molecular complexity index is 419. The molecule has 0 saturated heterocycles. The van der Waals surface area contributed by atoms with Crippen LogP contribution in [0, 0.1) is 0 Å². The first-order valence-corrected chi connectivity index (χ1v) is 5.13. The molecule has 0 radical (unpaired) electrons. The summed E-state index contributed by atoms with van der Waals surface area (Å²) in [5.74, 6) is 2.47. The predicted octanol–water partition coefficient (Wildman–Crippen LogP) is 2.33. The molecular weight excluding hydrogens is 206 g/mol. The lowest BCUT2D eigenvalue weighted by molar-refractivity contribution is 0.161. The molecule has 16 heavy (non-hydrogen) atoms. The van der Waals surface area contributed by atoms with Crippen LogP contribution in [0.5, 0.6) is 0 Å². The van der Waals surface area contributed by atoms with Gasteiger partial charge in [0.1, 0.15) is 29.9 Å². The smallest absolute Gasteiger partial charge is 0.129 e. The summed E-state index contributed by atoms with van der Waals surface area (Å²) in [5.41, 5.74) is 0. The molecule has 86 valence electrons. The Hall–Kier alpha value is -1.52. The fraction of sp³-hybridized carbons (Fsp3) is 0.333. The molecule has 1 N–H and O–H groups in total. The minimum Gasteiger partial charge on any atom is -0.467 e. The number of methoxy groups -OCH3 is 1. The summed E-state index contributed by atoms with van der Waals surface area (Å²) < 4.78 is 16.0. The van der Waals surface area contributed by atoms with Crippen LogP contribution in [0.25, 0.3) is 0 Å². The van der Waals surface area contributed by atoms with Crippen molar-refractivity contribution in [2.24, 2.45) is 0 Å². The predicted molar refractivity (Wildman–Crippen MR) is 59.0 cm³/mol. The molecule has 1 atom stereocenters. The SMILES string of the molecule is CNC(c1ccco1)c1ccc(COC)o1. The van der Waals surface area contributed by atoms with Crippen molar-refractivity contribution in [1.82, 2.24) is 5.32 Å². The van der Waals surface area contributed by atoms with Crippen molar-refractivity contribution >= 4 is 0 Å². The molecule has 4 nitrogen and oxygen atoms in total. The summed E-state index contributed by atoms with van der Waals surface area (Å²) in [4.78, 5) is 0. The Morgan fingerprint density at radius 1 is 1.31 bits per heavy atom. The van der Waals surface area contributed by atoms with Gasteiger partial charge in [-0.15, -0.1) is 0 Å². The van der Waals surface area contributed by atoms with Gasteiger partial charge in [-0.1, -0.05) is 0 Å². The zero-order chi connectivity index (χ0) is 11.4. The van der Waals surface area contributed by atoms with Gasteiger partial charge in [0.2, 0.25) is 0 Å². The Balaban J connectivity index is 2.20. The van der Waals surface area contributed by atoms with Crippen LogP contribution in [0.3, 0.4) is 0 Å². The van der Waals surface area contributed by atoms with E-state index in [1.807, 2.05) is 31.3 Å². The number of hydrogen-bond donors (Lipinski definition) is 1. The molecule has 0 bridgehead atoms. The zero-order valence-electron chi connectivity index (χ0n) is 9.40. The second-order valence-corrected chi connectivity index (χ2v) is 3.47. The molecule has 0 aliphatic heterocycles. The highest BCUT2D eigenvalue weighted by Crippen LogP contribution is 2.24.